The molecule has 1 N–H and O–H groups in total. The summed E-state index contributed by atoms with van der Waals surface area (Å²) in [5, 5.41) is 9.79. The molecule has 1 atom stereocenters. The van der Waals surface area contributed by atoms with Gasteiger partial charge in [0.05, 0.1) is 18.4 Å². The average Bonchev–Trinajstić information content (AvgIpc) is 2.71. The van der Waals surface area contributed by atoms with Crippen molar-refractivity contribution in [2.75, 3.05) is 13.7 Å². The van der Waals surface area contributed by atoms with Gasteiger partial charge < -0.3 is 9.84 Å². The fourth-order valence-electron chi connectivity index (χ4n) is 3.61. The number of pyridine rings is 2. The first-order valence-electron chi connectivity index (χ1n) is 10.2. The number of ether oxygens (including phenoxy) is 1. The number of hydrogen-bond donors (Lipinski definition) is 1. The number of aliphatic hydroxyl groups is 1. The molecule has 0 fully saturated rings. The van der Waals surface area contributed by atoms with E-state index in [0.717, 1.165) is 52.2 Å². The monoisotopic (exact) mass is 382 g/mol. The van der Waals surface area contributed by atoms with E-state index in [-0.39, 0.29) is 12.5 Å². The molecule has 0 saturated carbocycles. The number of aromatic nitrogens is 2. The molecule has 0 radical (unpaired) electrons. The van der Waals surface area contributed by atoms with Gasteiger partial charge in [0, 0.05) is 23.9 Å². The van der Waals surface area contributed by atoms with Crippen molar-refractivity contribution in [1.29, 1.82) is 0 Å². The fraction of sp³-hybridized carbons (Fsp3) is 0.500. The summed E-state index contributed by atoms with van der Waals surface area (Å²) >= 11 is 0. The summed E-state index contributed by atoms with van der Waals surface area (Å²) in [5.74, 6) is 1.09. The molecular weight excluding hydrogens is 348 g/mol. The Labute approximate surface area is 169 Å². The Morgan fingerprint density at radius 2 is 1.93 bits per heavy atom. The third kappa shape index (κ3) is 4.44. The highest BCUT2D eigenvalue weighted by Crippen LogP contribution is 2.35. The van der Waals surface area contributed by atoms with Crippen LogP contribution in [0.25, 0.3) is 16.8 Å². The zero-order chi connectivity index (χ0) is 20.8. The van der Waals surface area contributed by atoms with Gasteiger partial charge in [0.1, 0.15) is 0 Å². The van der Waals surface area contributed by atoms with Gasteiger partial charge in [-0.2, -0.15) is 0 Å². The number of methoxy groups -OCH3 is 1. The summed E-state index contributed by atoms with van der Waals surface area (Å²) in [4.78, 5) is 9.67. The van der Waals surface area contributed by atoms with Crippen LogP contribution in [-0.2, 0) is 6.42 Å². The Hall–Kier alpha value is -2.20. The van der Waals surface area contributed by atoms with Gasteiger partial charge >= 0.3 is 0 Å². The summed E-state index contributed by atoms with van der Waals surface area (Å²) in [5.41, 5.74) is 7.26. The largest absolute Gasteiger partial charge is 0.480 e. The molecule has 28 heavy (non-hydrogen) atoms. The molecule has 2 heterocycles. The number of allylic oxidation sites excluding steroid dienone is 1. The second kappa shape index (κ2) is 9.83. The van der Waals surface area contributed by atoms with Crippen LogP contribution in [0.2, 0.25) is 0 Å². The van der Waals surface area contributed by atoms with Crippen LogP contribution in [0, 0.1) is 12.8 Å². The maximum Gasteiger partial charge on any atom is 0.222 e. The van der Waals surface area contributed by atoms with E-state index in [2.05, 4.69) is 52.0 Å². The van der Waals surface area contributed by atoms with Crippen molar-refractivity contribution in [3.8, 4) is 17.1 Å². The summed E-state index contributed by atoms with van der Waals surface area (Å²) < 4.78 is 5.61. The second-order valence-corrected chi connectivity index (χ2v) is 7.46. The molecule has 0 aliphatic rings. The van der Waals surface area contributed by atoms with Crippen molar-refractivity contribution in [3.63, 3.8) is 0 Å². The van der Waals surface area contributed by atoms with E-state index < -0.39 is 0 Å². The molecule has 0 aromatic carbocycles. The molecular formula is C24H34N2O2. The van der Waals surface area contributed by atoms with Crippen LogP contribution in [0.5, 0.6) is 5.88 Å². The number of aliphatic hydroxyl groups excluding tert-OH is 1. The molecule has 2 aromatic rings. The third-order valence-electron chi connectivity index (χ3n) is 5.37. The second-order valence-electron chi connectivity index (χ2n) is 7.46. The third-order valence-corrected chi connectivity index (χ3v) is 5.37. The molecule has 2 aromatic heterocycles. The number of nitrogens with zero attached hydrogens (tertiary/aromatic N) is 2. The van der Waals surface area contributed by atoms with Gasteiger partial charge in [0.2, 0.25) is 5.88 Å². The van der Waals surface area contributed by atoms with Crippen molar-refractivity contribution in [2.45, 2.75) is 60.3 Å². The Morgan fingerprint density at radius 3 is 2.43 bits per heavy atom. The van der Waals surface area contributed by atoms with Crippen molar-refractivity contribution >= 4 is 5.57 Å². The van der Waals surface area contributed by atoms with Crippen LogP contribution in [0.1, 0.15) is 69.5 Å². The molecule has 4 nitrogen and oxygen atoms in total. The molecule has 0 saturated heterocycles. The predicted octanol–water partition coefficient (Wildman–Crippen LogP) is 5.57. The maximum absolute atomic E-state index is 9.79. The SMILES string of the molecule is C/C=C(\c1cc(CC)c(-c2ccc(C(C)C)nc2OC)nc1C)[C@@H](CC)CO. The van der Waals surface area contributed by atoms with Crippen LogP contribution in [0.15, 0.2) is 24.3 Å². The van der Waals surface area contributed by atoms with E-state index in [9.17, 15) is 5.11 Å². The Kier molecular flexibility index (Phi) is 7.76. The molecule has 0 spiro atoms. The van der Waals surface area contributed by atoms with Gasteiger partial charge in [0.15, 0.2) is 0 Å². The van der Waals surface area contributed by atoms with Crippen molar-refractivity contribution < 1.29 is 9.84 Å². The number of rotatable bonds is 8. The lowest BCUT2D eigenvalue weighted by Crippen LogP contribution is -2.10. The molecule has 0 aliphatic carbocycles. The van der Waals surface area contributed by atoms with Crippen LogP contribution < -0.4 is 4.74 Å². The highest BCUT2D eigenvalue weighted by atomic mass is 16.5. The van der Waals surface area contributed by atoms with Crippen LogP contribution >= 0.6 is 0 Å². The van der Waals surface area contributed by atoms with Gasteiger partial charge in [-0.1, -0.05) is 33.8 Å². The normalized spacial score (nSPS) is 13.1. The van der Waals surface area contributed by atoms with Crippen molar-refractivity contribution in [1.82, 2.24) is 9.97 Å². The maximum atomic E-state index is 9.79. The molecule has 0 unspecified atom stereocenters. The Morgan fingerprint density at radius 1 is 1.21 bits per heavy atom. The zero-order valence-corrected chi connectivity index (χ0v) is 18.3. The van der Waals surface area contributed by atoms with E-state index in [0.29, 0.717) is 11.8 Å². The van der Waals surface area contributed by atoms with Crippen molar-refractivity contribution in [2.24, 2.45) is 5.92 Å². The standard InChI is InChI=1S/C24H34N2O2/c1-8-17-13-21(19(10-3)18(9-2)14-27)16(6)25-23(17)20-11-12-22(15(4)5)26-24(20)28-7/h10-13,15,18,27H,8-9,14H2,1-7H3/b19-10-/t18-/m0/s1. The van der Waals surface area contributed by atoms with Crippen LogP contribution in [-0.4, -0.2) is 28.8 Å². The lowest BCUT2D eigenvalue weighted by molar-refractivity contribution is 0.254. The van der Waals surface area contributed by atoms with Crippen LogP contribution in [0.4, 0.5) is 0 Å². The lowest BCUT2D eigenvalue weighted by Gasteiger charge is -2.21. The number of hydrogen-bond acceptors (Lipinski definition) is 4. The Balaban J connectivity index is 2.64. The van der Waals surface area contributed by atoms with Crippen LogP contribution in [0.3, 0.4) is 0 Å². The lowest BCUT2D eigenvalue weighted by atomic mass is 9.88. The molecule has 0 amide bonds. The molecule has 152 valence electrons. The first kappa shape index (κ1) is 22.1. The van der Waals surface area contributed by atoms with E-state index in [4.69, 9.17) is 14.7 Å². The smallest absolute Gasteiger partial charge is 0.222 e. The first-order valence-corrected chi connectivity index (χ1v) is 10.2. The van der Waals surface area contributed by atoms with Gasteiger partial charge in [-0.05, 0) is 67.5 Å². The summed E-state index contributed by atoms with van der Waals surface area (Å²) in [6, 6.07) is 6.35. The van der Waals surface area contributed by atoms with Gasteiger partial charge in [-0.3, -0.25) is 4.98 Å². The van der Waals surface area contributed by atoms with Gasteiger partial charge in [-0.15, -0.1) is 0 Å². The van der Waals surface area contributed by atoms with E-state index in [1.807, 2.05) is 13.8 Å². The fourth-order valence-corrected chi connectivity index (χ4v) is 3.61. The highest BCUT2D eigenvalue weighted by molar-refractivity contribution is 5.75. The minimum Gasteiger partial charge on any atom is -0.480 e. The summed E-state index contributed by atoms with van der Waals surface area (Å²) in [6.45, 7) is 12.7. The van der Waals surface area contributed by atoms with E-state index in [1.165, 1.54) is 0 Å². The first-order chi connectivity index (χ1) is 13.4. The molecule has 2 rings (SSSR count). The minimum absolute atomic E-state index is 0.127. The quantitative estimate of drug-likeness (QED) is 0.648. The zero-order valence-electron chi connectivity index (χ0n) is 18.3. The summed E-state index contributed by atoms with van der Waals surface area (Å²) in [6.07, 6.45) is 3.86. The molecule has 0 bridgehead atoms. The van der Waals surface area contributed by atoms with E-state index in [1.54, 1.807) is 7.11 Å². The Bertz CT molecular complexity index is 837. The average molecular weight is 383 g/mol. The summed E-state index contributed by atoms with van der Waals surface area (Å²) in [7, 11) is 1.66. The molecule has 0 aliphatic heterocycles. The number of aryl methyl sites for hydroxylation is 2. The minimum atomic E-state index is 0.127. The van der Waals surface area contributed by atoms with Gasteiger partial charge in [-0.25, -0.2) is 4.98 Å². The van der Waals surface area contributed by atoms with E-state index >= 15 is 0 Å². The topological polar surface area (TPSA) is 55.2 Å². The highest BCUT2D eigenvalue weighted by Gasteiger charge is 2.20. The van der Waals surface area contributed by atoms with Gasteiger partial charge in [0.25, 0.3) is 0 Å². The predicted molar refractivity (Wildman–Crippen MR) is 117 cm³/mol. The molecule has 4 heteroatoms. The van der Waals surface area contributed by atoms with Crippen molar-refractivity contribution in [3.05, 3.63) is 46.8 Å².